The number of likely N-dealkylation sites (tertiary alicyclic amines) is 1. The number of nitrogens with one attached hydrogen (secondary N) is 1. The number of hydrogen-bond acceptors (Lipinski definition) is 3. The third kappa shape index (κ3) is 2.06. The van der Waals surface area contributed by atoms with E-state index in [0.29, 0.717) is 12.0 Å². The van der Waals surface area contributed by atoms with Crippen molar-refractivity contribution in [2.24, 2.45) is 13.0 Å². The minimum Gasteiger partial charge on any atom is -0.319 e. The van der Waals surface area contributed by atoms with Crippen LogP contribution in [0.15, 0.2) is 12.4 Å². The van der Waals surface area contributed by atoms with Crippen molar-refractivity contribution >= 4 is 0 Å². The minimum absolute atomic E-state index is 0.533. The lowest BCUT2D eigenvalue weighted by Gasteiger charge is -2.23. The Kier molecular flexibility index (Phi) is 3.07. The first-order valence-corrected chi connectivity index (χ1v) is 5.55. The Morgan fingerprint density at radius 1 is 1.53 bits per heavy atom. The molecule has 2 rings (SSSR count). The van der Waals surface area contributed by atoms with Crippen LogP contribution in [-0.2, 0) is 7.05 Å². The van der Waals surface area contributed by atoms with Crippen LogP contribution in [0.1, 0.15) is 18.0 Å². The molecule has 1 fully saturated rings. The van der Waals surface area contributed by atoms with E-state index >= 15 is 0 Å². The summed E-state index contributed by atoms with van der Waals surface area (Å²) in [5.41, 5.74) is 1.35. The third-order valence-electron chi connectivity index (χ3n) is 3.31. The SMILES string of the molecule is CNCC1CCN(C)C1c1cnn(C)c1. The zero-order chi connectivity index (χ0) is 10.8. The van der Waals surface area contributed by atoms with Crippen molar-refractivity contribution in [2.45, 2.75) is 12.5 Å². The van der Waals surface area contributed by atoms with Gasteiger partial charge in [0.05, 0.1) is 6.20 Å². The molecular formula is C11H20N4. The van der Waals surface area contributed by atoms with Crippen LogP contribution in [0.5, 0.6) is 0 Å². The van der Waals surface area contributed by atoms with E-state index in [9.17, 15) is 0 Å². The molecule has 0 aliphatic carbocycles. The highest BCUT2D eigenvalue weighted by Crippen LogP contribution is 2.35. The van der Waals surface area contributed by atoms with Crippen molar-refractivity contribution in [3.8, 4) is 0 Å². The fraction of sp³-hybridized carbons (Fsp3) is 0.727. The van der Waals surface area contributed by atoms with Crippen molar-refractivity contribution < 1.29 is 0 Å². The second-order valence-electron chi connectivity index (χ2n) is 4.48. The van der Waals surface area contributed by atoms with Gasteiger partial charge in [0.15, 0.2) is 0 Å². The lowest BCUT2D eigenvalue weighted by molar-refractivity contribution is 0.274. The molecule has 2 heterocycles. The van der Waals surface area contributed by atoms with Gasteiger partial charge >= 0.3 is 0 Å². The molecule has 4 heteroatoms. The largest absolute Gasteiger partial charge is 0.319 e. The average molecular weight is 208 g/mol. The van der Waals surface area contributed by atoms with Crippen LogP contribution < -0.4 is 5.32 Å². The highest BCUT2D eigenvalue weighted by atomic mass is 15.3. The van der Waals surface area contributed by atoms with E-state index in [1.165, 1.54) is 18.5 Å². The van der Waals surface area contributed by atoms with E-state index in [4.69, 9.17) is 0 Å². The summed E-state index contributed by atoms with van der Waals surface area (Å²) in [7, 11) is 6.21. The molecule has 0 spiro atoms. The molecule has 1 N–H and O–H groups in total. The summed E-state index contributed by atoms with van der Waals surface area (Å²) in [6.07, 6.45) is 5.40. The van der Waals surface area contributed by atoms with Crippen LogP contribution in [0.2, 0.25) is 0 Å². The van der Waals surface area contributed by atoms with Gasteiger partial charge in [0.2, 0.25) is 0 Å². The summed E-state index contributed by atoms with van der Waals surface area (Å²) in [5, 5.41) is 7.54. The predicted octanol–water partition coefficient (Wildman–Crippen LogP) is 0.632. The van der Waals surface area contributed by atoms with Crippen molar-refractivity contribution in [3.05, 3.63) is 18.0 Å². The summed E-state index contributed by atoms with van der Waals surface area (Å²) in [5.74, 6) is 0.712. The fourth-order valence-electron chi connectivity index (χ4n) is 2.62. The fourth-order valence-corrected chi connectivity index (χ4v) is 2.62. The minimum atomic E-state index is 0.533. The maximum atomic E-state index is 4.26. The van der Waals surface area contributed by atoms with Gasteiger partial charge < -0.3 is 5.32 Å². The van der Waals surface area contributed by atoms with E-state index in [2.05, 4.69) is 28.6 Å². The van der Waals surface area contributed by atoms with Gasteiger partial charge in [0.25, 0.3) is 0 Å². The highest BCUT2D eigenvalue weighted by molar-refractivity contribution is 5.14. The molecule has 4 nitrogen and oxygen atoms in total. The first-order valence-electron chi connectivity index (χ1n) is 5.55. The molecule has 1 aliphatic rings. The number of nitrogens with zero attached hydrogens (tertiary/aromatic N) is 3. The number of aryl methyl sites for hydroxylation is 1. The van der Waals surface area contributed by atoms with Gasteiger partial charge in [0.1, 0.15) is 0 Å². The van der Waals surface area contributed by atoms with Crippen LogP contribution in [-0.4, -0.2) is 41.9 Å². The molecule has 1 aliphatic heterocycles. The number of hydrogen-bond donors (Lipinski definition) is 1. The van der Waals surface area contributed by atoms with Crippen LogP contribution in [0.25, 0.3) is 0 Å². The first kappa shape index (κ1) is 10.6. The van der Waals surface area contributed by atoms with Gasteiger partial charge in [-0.1, -0.05) is 0 Å². The quantitative estimate of drug-likeness (QED) is 0.791. The summed E-state index contributed by atoms with van der Waals surface area (Å²) >= 11 is 0. The summed E-state index contributed by atoms with van der Waals surface area (Å²) in [6.45, 7) is 2.27. The lowest BCUT2D eigenvalue weighted by atomic mass is 9.96. The molecule has 1 aromatic heterocycles. The van der Waals surface area contributed by atoms with Crippen molar-refractivity contribution in [1.82, 2.24) is 20.0 Å². The van der Waals surface area contributed by atoms with E-state index in [1.54, 1.807) is 0 Å². The smallest absolute Gasteiger partial charge is 0.0537 e. The molecule has 0 saturated carbocycles. The van der Waals surface area contributed by atoms with Gasteiger partial charge in [0, 0.05) is 24.8 Å². The van der Waals surface area contributed by atoms with E-state index in [0.717, 1.165) is 6.54 Å². The van der Waals surface area contributed by atoms with Crippen LogP contribution >= 0.6 is 0 Å². The third-order valence-corrected chi connectivity index (χ3v) is 3.31. The first-order chi connectivity index (χ1) is 7.22. The Hall–Kier alpha value is -0.870. The maximum Gasteiger partial charge on any atom is 0.0537 e. The number of aromatic nitrogens is 2. The molecule has 0 radical (unpaired) electrons. The molecule has 1 aromatic rings. The molecule has 2 unspecified atom stereocenters. The topological polar surface area (TPSA) is 33.1 Å². The molecule has 0 amide bonds. The molecule has 15 heavy (non-hydrogen) atoms. The predicted molar refractivity (Wildman–Crippen MR) is 60.6 cm³/mol. The van der Waals surface area contributed by atoms with Crippen molar-refractivity contribution in [1.29, 1.82) is 0 Å². The van der Waals surface area contributed by atoms with Gasteiger partial charge in [-0.15, -0.1) is 0 Å². The Labute approximate surface area is 91.3 Å². The van der Waals surface area contributed by atoms with Gasteiger partial charge in [-0.25, -0.2) is 0 Å². The second-order valence-corrected chi connectivity index (χ2v) is 4.48. The molecule has 84 valence electrons. The summed E-state index contributed by atoms with van der Waals surface area (Å²) in [6, 6.07) is 0.533. The second kappa shape index (κ2) is 4.33. The standard InChI is InChI=1S/C11H20N4/c1-12-6-9-4-5-14(2)11(9)10-7-13-15(3)8-10/h7-9,11-12H,4-6H2,1-3H3. The zero-order valence-corrected chi connectivity index (χ0v) is 9.77. The zero-order valence-electron chi connectivity index (χ0n) is 9.77. The van der Waals surface area contributed by atoms with E-state index < -0.39 is 0 Å². The van der Waals surface area contributed by atoms with Gasteiger partial charge in [-0.05, 0) is 39.5 Å². The summed E-state index contributed by atoms with van der Waals surface area (Å²) in [4.78, 5) is 2.43. The highest BCUT2D eigenvalue weighted by Gasteiger charge is 2.32. The number of rotatable bonds is 3. The Balaban J connectivity index is 2.17. The van der Waals surface area contributed by atoms with Gasteiger partial charge in [-0.3, -0.25) is 9.58 Å². The molecule has 0 aromatic carbocycles. The van der Waals surface area contributed by atoms with Crippen LogP contribution in [0.4, 0.5) is 0 Å². The molecule has 0 bridgehead atoms. The van der Waals surface area contributed by atoms with Crippen LogP contribution in [0.3, 0.4) is 0 Å². The molecular weight excluding hydrogens is 188 g/mol. The molecule has 2 atom stereocenters. The van der Waals surface area contributed by atoms with E-state index in [1.807, 2.05) is 25.0 Å². The summed E-state index contributed by atoms with van der Waals surface area (Å²) < 4.78 is 1.89. The molecule has 1 saturated heterocycles. The Bertz CT molecular complexity index is 318. The Morgan fingerprint density at radius 2 is 2.33 bits per heavy atom. The normalized spacial score (nSPS) is 27.4. The van der Waals surface area contributed by atoms with Gasteiger partial charge in [-0.2, -0.15) is 5.10 Å². The lowest BCUT2D eigenvalue weighted by Crippen LogP contribution is -2.26. The van der Waals surface area contributed by atoms with Crippen LogP contribution in [0, 0.1) is 5.92 Å². The monoisotopic (exact) mass is 208 g/mol. The van der Waals surface area contributed by atoms with E-state index in [-0.39, 0.29) is 0 Å². The maximum absolute atomic E-state index is 4.26. The Morgan fingerprint density at radius 3 is 2.93 bits per heavy atom. The van der Waals surface area contributed by atoms with Crippen molar-refractivity contribution in [3.63, 3.8) is 0 Å². The average Bonchev–Trinajstić information content (AvgIpc) is 2.74. The van der Waals surface area contributed by atoms with Crippen molar-refractivity contribution in [2.75, 3.05) is 27.2 Å².